The van der Waals surface area contributed by atoms with E-state index in [0.29, 0.717) is 5.89 Å². The highest BCUT2D eigenvalue weighted by Gasteiger charge is 2.04. The van der Waals surface area contributed by atoms with Gasteiger partial charge in [-0.3, -0.25) is 0 Å². The summed E-state index contributed by atoms with van der Waals surface area (Å²) < 4.78 is 5.15. The van der Waals surface area contributed by atoms with E-state index < -0.39 is 0 Å². The molecule has 2 aromatic rings. The molecule has 1 aromatic carbocycles. The Bertz CT molecular complexity index is 408. The highest BCUT2D eigenvalue weighted by atomic mass is 16.4. The fourth-order valence-corrected chi connectivity index (χ4v) is 0.990. The predicted molar refractivity (Wildman–Crippen MR) is 47.6 cm³/mol. The lowest BCUT2D eigenvalue weighted by Crippen LogP contribution is -1.76. The Labute approximate surface area is 74.7 Å². The van der Waals surface area contributed by atoms with Crippen LogP contribution in [0.25, 0.3) is 11.5 Å². The van der Waals surface area contributed by atoms with Crippen molar-refractivity contribution in [3.8, 4) is 11.5 Å². The van der Waals surface area contributed by atoms with Gasteiger partial charge in [-0.25, -0.2) is 0 Å². The van der Waals surface area contributed by atoms with Crippen LogP contribution in [0, 0.1) is 5.41 Å². The number of benzene rings is 1. The van der Waals surface area contributed by atoms with E-state index in [0.717, 1.165) is 11.8 Å². The second-order valence-electron chi connectivity index (χ2n) is 2.46. The summed E-state index contributed by atoms with van der Waals surface area (Å²) in [6, 6.07) is 9.45. The van der Waals surface area contributed by atoms with Crippen molar-refractivity contribution >= 4 is 6.21 Å². The van der Waals surface area contributed by atoms with Crippen LogP contribution in [-0.2, 0) is 0 Å². The standard InChI is InChI=1S/C9H7N3O/c10-6-8-11-12-9(13-8)7-4-2-1-3-5-7/h1-6,10H. The molecule has 0 unspecified atom stereocenters. The zero-order valence-corrected chi connectivity index (χ0v) is 6.77. The zero-order valence-electron chi connectivity index (χ0n) is 6.77. The lowest BCUT2D eigenvalue weighted by Gasteiger charge is -1.90. The highest BCUT2D eigenvalue weighted by molar-refractivity contribution is 5.70. The molecule has 4 nitrogen and oxygen atoms in total. The van der Waals surface area contributed by atoms with Crippen molar-refractivity contribution in [2.75, 3.05) is 0 Å². The molecule has 0 saturated heterocycles. The van der Waals surface area contributed by atoms with E-state index in [1.165, 1.54) is 0 Å². The third-order valence-electron chi connectivity index (χ3n) is 1.58. The summed E-state index contributed by atoms with van der Waals surface area (Å²) in [6.07, 6.45) is 1.03. The third kappa shape index (κ3) is 1.46. The molecule has 64 valence electrons. The second-order valence-corrected chi connectivity index (χ2v) is 2.46. The van der Waals surface area contributed by atoms with Gasteiger partial charge in [-0.2, -0.15) is 0 Å². The van der Waals surface area contributed by atoms with Gasteiger partial charge in [0.1, 0.15) is 0 Å². The highest BCUT2D eigenvalue weighted by Crippen LogP contribution is 2.15. The van der Waals surface area contributed by atoms with Gasteiger partial charge >= 0.3 is 0 Å². The minimum atomic E-state index is 0.221. The first-order valence-corrected chi connectivity index (χ1v) is 3.79. The maximum Gasteiger partial charge on any atom is 0.258 e. The summed E-state index contributed by atoms with van der Waals surface area (Å²) in [6.45, 7) is 0. The van der Waals surface area contributed by atoms with E-state index in [9.17, 15) is 0 Å². The van der Waals surface area contributed by atoms with Crippen molar-refractivity contribution in [3.63, 3.8) is 0 Å². The molecular weight excluding hydrogens is 166 g/mol. The molecule has 0 atom stereocenters. The van der Waals surface area contributed by atoms with Crippen LogP contribution < -0.4 is 0 Å². The molecule has 0 radical (unpaired) electrons. The number of aromatic nitrogens is 2. The quantitative estimate of drug-likeness (QED) is 0.703. The molecule has 1 N–H and O–H groups in total. The van der Waals surface area contributed by atoms with E-state index in [-0.39, 0.29) is 5.89 Å². The van der Waals surface area contributed by atoms with E-state index in [2.05, 4.69) is 10.2 Å². The van der Waals surface area contributed by atoms with Gasteiger partial charge in [0.05, 0.1) is 6.21 Å². The normalized spacial score (nSPS) is 9.85. The Kier molecular flexibility index (Phi) is 1.88. The van der Waals surface area contributed by atoms with Crippen LogP contribution in [0.3, 0.4) is 0 Å². The third-order valence-corrected chi connectivity index (χ3v) is 1.58. The minimum absolute atomic E-state index is 0.221. The van der Waals surface area contributed by atoms with Crippen LogP contribution in [0.15, 0.2) is 34.7 Å². The fourth-order valence-electron chi connectivity index (χ4n) is 0.990. The minimum Gasteiger partial charge on any atom is -0.415 e. The number of hydrogen-bond acceptors (Lipinski definition) is 4. The maximum absolute atomic E-state index is 6.90. The number of rotatable bonds is 2. The van der Waals surface area contributed by atoms with Crippen LogP contribution in [0.4, 0.5) is 0 Å². The molecule has 0 aliphatic heterocycles. The first kappa shape index (κ1) is 7.67. The van der Waals surface area contributed by atoms with Crippen LogP contribution in [0.5, 0.6) is 0 Å². The SMILES string of the molecule is N=Cc1nnc(-c2ccccc2)o1. The van der Waals surface area contributed by atoms with Gasteiger partial charge in [-0.05, 0) is 12.1 Å². The van der Waals surface area contributed by atoms with E-state index in [1.807, 2.05) is 30.3 Å². The van der Waals surface area contributed by atoms with Crippen LogP contribution >= 0.6 is 0 Å². The molecule has 13 heavy (non-hydrogen) atoms. The van der Waals surface area contributed by atoms with Crippen LogP contribution in [0.1, 0.15) is 5.89 Å². The van der Waals surface area contributed by atoms with Crippen LogP contribution in [0.2, 0.25) is 0 Å². The Hall–Kier alpha value is -1.97. The van der Waals surface area contributed by atoms with Gasteiger partial charge in [0, 0.05) is 5.56 Å². The molecule has 2 rings (SSSR count). The van der Waals surface area contributed by atoms with Gasteiger partial charge in [-0.1, -0.05) is 18.2 Å². The van der Waals surface area contributed by atoms with Gasteiger partial charge in [-0.15, -0.1) is 10.2 Å². The van der Waals surface area contributed by atoms with Gasteiger partial charge < -0.3 is 9.83 Å². The smallest absolute Gasteiger partial charge is 0.258 e. The largest absolute Gasteiger partial charge is 0.415 e. The molecule has 0 spiro atoms. The maximum atomic E-state index is 6.90. The first-order valence-electron chi connectivity index (χ1n) is 3.79. The number of hydrogen-bond donors (Lipinski definition) is 1. The fraction of sp³-hybridized carbons (Fsp3) is 0. The molecule has 0 aliphatic carbocycles. The van der Waals surface area contributed by atoms with Crippen molar-refractivity contribution in [3.05, 3.63) is 36.2 Å². The predicted octanol–water partition coefficient (Wildman–Crippen LogP) is 1.73. The van der Waals surface area contributed by atoms with Crippen molar-refractivity contribution < 1.29 is 4.42 Å². The molecule has 0 aliphatic rings. The van der Waals surface area contributed by atoms with Crippen molar-refractivity contribution in [1.29, 1.82) is 5.41 Å². The summed E-state index contributed by atoms with van der Waals surface area (Å²) in [5.41, 5.74) is 0.864. The molecular formula is C9H7N3O. The molecule has 4 heteroatoms. The van der Waals surface area contributed by atoms with Gasteiger partial charge in [0.2, 0.25) is 5.89 Å². The lowest BCUT2D eigenvalue weighted by molar-refractivity contribution is 0.560. The monoisotopic (exact) mass is 173 g/mol. The molecule has 0 saturated carbocycles. The summed E-state index contributed by atoms with van der Waals surface area (Å²) >= 11 is 0. The molecule has 0 bridgehead atoms. The van der Waals surface area contributed by atoms with Crippen molar-refractivity contribution in [2.45, 2.75) is 0 Å². The lowest BCUT2D eigenvalue weighted by atomic mass is 10.2. The Morgan fingerprint density at radius 3 is 2.54 bits per heavy atom. The summed E-state index contributed by atoms with van der Waals surface area (Å²) in [7, 11) is 0. The Morgan fingerprint density at radius 1 is 1.15 bits per heavy atom. The zero-order chi connectivity index (χ0) is 9.10. The first-order chi connectivity index (χ1) is 6.40. The Balaban J connectivity index is 2.41. The molecule has 1 aromatic heterocycles. The van der Waals surface area contributed by atoms with E-state index in [4.69, 9.17) is 9.83 Å². The average molecular weight is 173 g/mol. The van der Waals surface area contributed by atoms with Gasteiger partial charge in [0.15, 0.2) is 0 Å². The average Bonchev–Trinajstić information content (AvgIpc) is 2.67. The number of nitrogens with one attached hydrogen (secondary N) is 1. The molecule has 0 amide bonds. The van der Waals surface area contributed by atoms with E-state index in [1.54, 1.807) is 0 Å². The van der Waals surface area contributed by atoms with E-state index >= 15 is 0 Å². The molecule has 0 fully saturated rings. The van der Waals surface area contributed by atoms with Gasteiger partial charge in [0.25, 0.3) is 5.89 Å². The number of nitrogens with zero attached hydrogens (tertiary/aromatic N) is 2. The summed E-state index contributed by atoms with van der Waals surface area (Å²) in [4.78, 5) is 0. The Morgan fingerprint density at radius 2 is 1.92 bits per heavy atom. The van der Waals surface area contributed by atoms with Crippen molar-refractivity contribution in [2.24, 2.45) is 0 Å². The summed E-state index contributed by atoms with van der Waals surface area (Å²) in [5.74, 6) is 0.665. The van der Waals surface area contributed by atoms with Crippen LogP contribution in [-0.4, -0.2) is 16.4 Å². The topological polar surface area (TPSA) is 62.8 Å². The second kappa shape index (κ2) is 3.18. The molecule has 1 heterocycles. The summed E-state index contributed by atoms with van der Waals surface area (Å²) in [5, 5.41) is 14.3. The van der Waals surface area contributed by atoms with Crippen molar-refractivity contribution in [1.82, 2.24) is 10.2 Å².